The first-order valence-electron chi connectivity index (χ1n) is 4.04. The van der Waals surface area contributed by atoms with Gasteiger partial charge in [-0.1, -0.05) is 0 Å². The third-order valence-electron chi connectivity index (χ3n) is 2.17. The predicted molar refractivity (Wildman–Crippen MR) is 47.0 cm³/mol. The van der Waals surface area contributed by atoms with E-state index in [0.29, 0.717) is 18.3 Å². The highest BCUT2D eigenvalue weighted by Crippen LogP contribution is 2.34. The van der Waals surface area contributed by atoms with Crippen LogP contribution >= 0.6 is 11.8 Å². The van der Waals surface area contributed by atoms with Crippen LogP contribution in [0.4, 0.5) is 4.79 Å². The fourth-order valence-electron chi connectivity index (χ4n) is 1.52. The van der Waals surface area contributed by atoms with Crippen molar-refractivity contribution in [3.63, 3.8) is 0 Å². The Morgan fingerprint density at radius 3 is 3.08 bits per heavy atom. The van der Waals surface area contributed by atoms with Gasteiger partial charge in [0, 0.05) is 5.75 Å². The van der Waals surface area contributed by atoms with Crippen LogP contribution < -0.4 is 5.73 Å². The van der Waals surface area contributed by atoms with Crippen molar-refractivity contribution in [2.24, 2.45) is 5.73 Å². The zero-order valence-corrected chi connectivity index (χ0v) is 7.75. The van der Waals surface area contributed by atoms with Crippen molar-refractivity contribution < 1.29 is 14.3 Å². The zero-order chi connectivity index (χ0) is 9.42. The molecule has 5 nitrogen and oxygen atoms in total. The summed E-state index contributed by atoms with van der Waals surface area (Å²) in [4.78, 5) is 23.2. The van der Waals surface area contributed by atoms with E-state index in [9.17, 15) is 9.59 Å². The molecule has 0 bridgehead atoms. The van der Waals surface area contributed by atoms with Crippen LogP contribution in [0.5, 0.6) is 0 Å². The summed E-state index contributed by atoms with van der Waals surface area (Å²) in [6.45, 7) is 0.499. The summed E-state index contributed by atoms with van der Waals surface area (Å²) in [5, 5.41) is 0.306. The number of ether oxygens (including phenoxy) is 1. The fraction of sp³-hybridized carbons (Fsp3) is 0.714. The molecule has 0 aromatic carbocycles. The molecule has 0 saturated carbocycles. The molecular weight excluding hydrogens is 192 g/mol. The van der Waals surface area contributed by atoms with Gasteiger partial charge in [-0.2, -0.15) is 0 Å². The summed E-state index contributed by atoms with van der Waals surface area (Å²) in [5.74, 6) is 0.868. The Morgan fingerprint density at radius 1 is 1.69 bits per heavy atom. The molecule has 2 aliphatic rings. The zero-order valence-electron chi connectivity index (χ0n) is 6.93. The van der Waals surface area contributed by atoms with Crippen LogP contribution in [-0.4, -0.2) is 40.7 Å². The second kappa shape index (κ2) is 3.10. The first-order valence-corrected chi connectivity index (χ1v) is 5.09. The van der Waals surface area contributed by atoms with E-state index < -0.39 is 6.09 Å². The Labute approximate surface area is 79.6 Å². The molecule has 2 saturated heterocycles. The normalized spacial score (nSPS) is 32.0. The van der Waals surface area contributed by atoms with Crippen molar-refractivity contribution in [3.8, 4) is 0 Å². The number of hydrogen-bond donors (Lipinski definition) is 1. The van der Waals surface area contributed by atoms with Crippen molar-refractivity contribution >= 4 is 23.8 Å². The molecule has 2 fully saturated rings. The van der Waals surface area contributed by atoms with Crippen LogP contribution in [0.15, 0.2) is 0 Å². The van der Waals surface area contributed by atoms with Gasteiger partial charge in [-0.05, 0) is 0 Å². The lowest BCUT2D eigenvalue weighted by Gasteiger charge is -2.45. The largest absolute Gasteiger partial charge is 0.444 e. The number of nitrogens with two attached hydrogens (primary N) is 1. The number of amides is 2. The quantitative estimate of drug-likeness (QED) is 0.595. The van der Waals surface area contributed by atoms with E-state index in [2.05, 4.69) is 0 Å². The van der Waals surface area contributed by atoms with E-state index >= 15 is 0 Å². The van der Waals surface area contributed by atoms with E-state index in [1.165, 1.54) is 0 Å². The summed E-state index contributed by atoms with van der Waals surface area (Å²) in [6, 6.07) is 0. The summed E-state index contributed by atoms with van der Waals surface area (Å²) in [5.41, 5.74) is 4.88. The predicted octanol–water partition coefficient (Wildman–Crippen LogP) is -0.244. The van der Waals surface area contributed by atoms with Crippen LogP contribution in [0.25, 0.3) is 0 Å². The third kappa shape index (κ3) is 1.58. The summed E-state index contributed by atoms with van der Waals surface area (Å²) < 4.78 is 4.82. The molecule has 2 N–H and O–H groups in total. The minimum absolute atomic E-state index is 0.135. The molecule has 2 rings (SSSR count). The highest BCUT2D eigenvalue weighted by molar-refractivity contribution is 8.00. The first-order chi connectivity index (χ1) is 6.16. The molecule has 2 aliphatic heterocycles. The van der Waals surface area contributed by atoms with Crippen molar-refractivity contribution in [2.45, 2.75) is 17.9 Å². The van der Waals surface area contributed by atoms with E-state index in [-0.39, 0.29) is 12.0 Å². The molecule has 0 radical (unpaired) electrons. The van der Waals surface area contributed by atoms with Crippen molar-refractivity contribution in [3.05, 3.63) is 0 Å². The minimum atomic E-state index is -0.767. The van der Waals surface area contributed by atoms with Gasteiger partial charge in [0.2, 0.25) is 5.91 Å². The van der Waals surface area contributed by atoms with E-state index in [1.807, 2.05) is 0 Å². The lowest BCUT2D eigenvalue weighted by Crippen LogP contribution is -2.58. The van der Waals surface area contributed by atoms with Crippen LogP contribution in [0, 0.1) is 0 Å². The number of fused-ring (bicyclic) bond motifs is 1. The maximum Gasteiger partial charge on any atom is 0.404 e. The molecule has 0 aromatic rings. The first kappa shape index (κ1) is 8.68. The van der Waals surface area contributed by atoms with Crippen molar-refractivity contribution in [2.75, 3.05) is 12.3 Å². The lowest BCUT2D eigenvalue weighted by molar-refractivity contribution is -0.143. The number of carbonyl (C=O) groups excluding carboxylic acids is 2. The Bertz CT molecular complexity index is 258. The van der Waals surface area contributed by atoms with Crippen LogP contribution in [0.3, 0.4) is 0 Å². The molecule has 2 heterocycles. The van der Waals surface area contributed by atoms with E-state index in [0.717, 1.165) is 5.75 Å². The average Bonchev–Trinajstić information content (AvgIpc) is 2.05. The van der Waals surface area contributed by atoms with Crippen LogP contribution in [0.1, 0.15) is 6.42 Å². The van der Waals surface area contributed by atoms with Gasteiger partial charge in [-0.15, -0.1) is 11.8 Å². The maximum absolute atomic E-state index is 11.0. The number of primary amides is 1. The molecule has 72 valence electrons. The van der Waals surface area contributed by atoms with Crippen LogP contribution in [0.2, 0.25) is 0 Å². The standard InChI is InChI=1S/C7H10N2O3S/c8-7(11)12-4-2-9-5(10)1-6(9)13-3-4/h4,6H,1-3H2,(H2,8,11)/t4?,6-/m0/s1. The van der Waals surface area contributed by atoms with Gasteiger partial charge < -0.3 is 15.4 Å². The van der Waals surface area contributed by atoms with E-state index in [1.54, 1.807) is 16.7 Å². The minimum Gasteiger partial charge on any atom is -0.444 e. The van der Waals surface area contributed by atoms with Crippen molar-refractivity contribution in [1.82, 2.24) is 4.90 Å². The highest BCUT2D eigenvalue weighted by Gasteiger charge is 2.42. The SMILES string of the molecule is NC(=O)OC1CS[C@H]2CC(=O)N2C1. The summed E-state index contributed by atoms with van der Waals surface area (Å²) >= 11 is 1.64. The maximum atomic E-state index is 11.0. The van der Waals surface area contributed by atoms with Gasteiger partial charge >= 0.3 is 6.09 Å². The van der Waals surface area contributed by atoms with Gasteiger partial charge in [0.05, 0.1) is 18.3 Å². The van der Waals surface area contributed by atoms with Gasteiger partial charge in [-0.25, -0.2) is 4.79 Å². The Kier molecular flexibility index (Phi) is 2.07. The topological polar surface area (TPSA) is 72.6 Å². The molecule has 6 heteroatoms. The third-order valence-corrected chi connectivity index (χ3v) is 3.55. The summed E-state index contributed by atoms with van der Waals surface area (Å²) in [7, 11) is 0. The van der Waals surface area contributed by atoms with Gasteiger partial charge in [0.15, 0.2) is 0 Å². The monoisotopic (exact) mass is 202 g/mol. The number of thioether (sulfide) groups is 1. The molecule has 0 aliphatic carbocycles. The van der Waals surface area contributed by atoms with Gasteiger partial charge in [-0.3, -0.25) is 4.79 Å². The number of nitrogens with zero attached hydrogens (tertiary/aromatic N) is 1. The second-order valence-electron chi connectivity index (χ2n) is 3.10. The molecule has 0 spiro atoms. The molecule has 13 heavy (non-hydrogen) atoms. The highest BCUT2D eigenvalue weighted by atomic mass is 32.2. The second-order valence-corrected chi connectivity index (χ2v) is 4.31. The fourth-order valence-corrected chi connectivity index (χ4v) is 2.77. The molecule has 2 atom stereocenters. The average molecular weight is 202 g/mol. The van der Waals surface area contributed by atoms with Gasteiger partial charge in [0.1, 0.15) is 6.10 Å². The van der Waals surface area contributed by atoms with Gasteiger partial charge in [0.25, 0.3) is 0 Å². The number of β-lactam (4-membered cyclic amide) rings is 1. The van der Waals surface area contributed by atoms with E-state index in [4.69, 9.17) is 10.5 Å². The molecule has 1 unspecified atom stereocenters. The molecule has 0 aromatic heterocycles. The van der Waals surface area contributed by atoms with Crippen LogP contribution in [-0.2, 0) is 9.53 Å². The molecule has 2 amide bonds. The number of rotatable bonds is 1. The smallest absolute Gasteiger partial charge is 0.404 e. The number of hydrogen-bond acceptors (Lipinski definition) is 4. The Hall–Kier alpha value is -0.910. The number of carbonyl (C=O) groups is 2. The molecular formula is C7H10N2O3S. The summed E-state index contributed by atoms with van der Waals surface area (Å²) in [6.07, 6.45) is -0.381. The Balaban J connectivity index is 1.89. The Morgan fingerprint density at radius 2 is 2.46 bits per heavy atom. The van der Waals surface area contributed by atoms with Crippen molar-refractivity contribution in [1.29, 1.82) is 0 Å². The lowest BCUT2D eigenvalue weighted by atomic mass is 10.1.